The number of hydrogen-bond acceptors (Lipinski definition) is 4. The molecule has 0 spiro atoms. The molecular weight excluding hydrogens is 298 g/mol. The van der Waals surface area contributed by atoms with Gasteiger partial charge in [0.15, 0.2) is 0 Å². The van der Waals surface area contributed by atoms with E-state index in [9.17, 15) is 9.59 Å². The molecule has 2 aromatic rings. The van der Waals surface area contributed by atoms with Crippen LogP contribution in [0.5, 0.6) is 0 Å². The van der Waals surface area contributed by atoms with E-state index in [1.54, 1.807) is 17.0 Å². The van der Waals surface area contributed by atoms with Crippen molar-refractivity contribution >= 4 is 27.5 Å². The number of allylic oxidation sites excluding steroid dienone is 2. The minimum absolute atomic E-state index is 0.0386. The van der Waals surface area contributed by atoms with Crippen LogP contribution in [0, 0.1) is 17.8 Å². The largest absolute Gasteiger partial charge is 0.354 e. The predicted octanol–water partition coefficient (Wildman–Crippen LogP) is 1.79. The average molecular weight is 315 g/mol. The smallest absolute Gasteiger partial charge is 0.262 e. The van der Waals surface area contributed by atoms with Gasteiger partial charge in [-0.15, -0.1) is 11.3 Å². The summed E-state index contributed by atoms with van der Waals surface area (Å²) in [5, 5.41) is 5.49. The van der Waals surface area contributed by atoms with Gasteiger partial charge in [-0.2, -0.15) is 0 Å². The normalized spacial score (nSPS) is 25.9. The Kier molecular flexibility index (Phi) is 3.33. The Bertz CT molecular complexity index is 807. The Hall–Kier alpha value is -1.95. The van der Waals surface area contributed by atoms with Crippen LogP contribution in [-0.2, 0) is 11.3 Å². The van der Waals surface area contributed by atoms with Gasteiger partial charge in [0, 0.05) is 19.0 Å². The second-order valence-corrected chi connectivity index (χ2v) is 6.95. The lowest BCUT2D eigenvalue weighted by atomic mass is 9.93. The highest BCUT2D eigenvalue weighted by molar-refractivity contribution is 7.16. The standard InChI is InChI=1S/C16H17N3O2S/c20-14(13-8-10-1-2-11(13)7-10)17-4-5-19-9-18-15-12(16(19)21)3-6-22-15/h1-3,6,9-11,13H,4-5,7-8H2,(H,17,20). The van der Waals surface area contributed by atoms with E-state index in [2.05, 4.69) is 22.5 Å². The summed E-state index contributed by atoms with van der Waals surface area (Å²) in [4.78, 5) is 29.5. The first-order valence-electron chi connectivity index (χ1n) is 7.61. The number of carbonyl (C=O) groups excluding carboxylic acids is 1. The monoisotopic (exact) mass is 315 g/mol. The van der Waals surface area contributed by atoms with Gasteiger partial charge >= 0.3 is 0 Å². The molecule has 3 unspecified atom stereocenters. The van der Waals surface area contributed by atoms with Gasteiger partial charge in [0.05, 0.1) is 11.7 Å². The minimum atomic E-state index is -0.0386. The molecule has 4 rings (SSSR count). The van der Waals surface area contributed by atoms with Gasteiger partial charge in [-0.1, -0.05) is 12.2 Å². The third-order valence-electron chi connectivity index (χ3n) is 4.72. The molecule has 1 fully saturated rings. The fraction of sp³-hybridized carbons (Fsp3) is 0.438. The van der Waals surface area contributed by atoms with Crippen molar-refractivity contribution in [3.05, 3.63) is 40.3 Å². The molecule has 0 radical (unpaired) electrons. The van der Waals surface area contributed by atoms with E-state index in [1.165, 1.54) is 11.3 Å². The average Bonchev–Trinajstić information content (AvgIpc) is 3.25. The number of amides is 1. The van der Waals surface area contributed by atoms with Crippen LogP contribution in [0.2, 0.25) is 0 Å². The third kappa shape index (κ3) is 2.27. The first-order valence-corrected chi connectivity index (χ1v) is 8.49. The summed E-state index contributed by atoms with van der Waals surface area (Å²) in [6, 6.07) is 1.80. The van der Waals surface area contributed by atoms with Gasteiger partial charge < -0.3 is 5.32 Å². The number of carbonyl (C=O) groups is 1. The molecule has 2 aromatic heterocycles. The van der Waals surface area contributed by atoms with E-state index in [-0.39, 0.29) is 17.4 Å². The van der Waals surface area contributed by atoms with Crippen molar-refractivity contribution in [2.45, 2.75) is 19.4 Å². The number of aromatic nitrogens is 2. The van der Waals surface area contributed by atoms with Crippen molar-refractivity contribution in [2.75, 3.05) is 6.54 Å². The molecule has 1 N–H and O–H groups in total. The Labute approximate surface area is 131 Å². The van der Waals surface area contributed by atoms with Gasteiger partial charge in [0.25, 0.3) is 5.56 Å². The van der Waals surface area contributed by atoms with Gasteiger partial charge in [-0.3, -0.25) is 14.2 Å². The Balaban J connectivity index is 1.38. The topological polar surface area (TPSA) is 64.0 Å². The second kappa shape index (κ2) is 5.35. The number of hydrogen-bond donors (Lipinski definition) is 1. The maximum absolute atomic E-state index is 12.2. The molecule has 0 aromatic carbocycles. The van der Waals surface area contributed by atoms with Crippen molar-refractivity contribution in [1.29, 1.82) is 0 Å². The van der Waals surface area contributed by atoms with Gasteiger partial charge in [-0.25, -0.2) is 4.98 Å². The zero-order valence-electron chi connectivity index (χ0n) is 12.1. The van der Waals surface area contributed by atoms with Crippen molar-refractivity contribution < 1.29 is 4.79 Å². The first-order chi connectivity index (χ1) is 10.7. The van der Waals surface area contributed by atoms with Gasteiger partial charge in [0.2, 0.25) is 5.91 Å². The zero-order chi connectivity index (χ0) is 15.1. The molecule has 2 aliphatic rings. The van der Waals surface area contributed by atoms with Crippen molar-refractivity contribution in [3.63, 3.8) is 0 Å². The molecule has 114 valence electrons. The van der Waals surface area contributed by atoms with Crippen molar-refractivity contribution in [1.82, 2.24) is 14.9 Å². The van der Waals surface area contributed by atoms with Crippen LogP contribution >= 0.6 is 11.3 Å². The highest BCUT2D eigenvalue weighted by Crippen LogP contribution is 2.43. The second-order valence-electron chi connectivity index (χ2n) is 6.06. The maximum Gasteiger partial charge on any atom is 0.262 e. The lowest BCUT2D eigenvalue weighted by Crippen LogP contribution is -2.36. The number of rotatable bonds is 4. The molecule has 5 nitrogen and oxygen atoms in total. The molecule has 2 bridgehead atoms. The molecule has 2 aliphatic carbocycles. The van der Waals surface area contributed by atoms with E-state index in [1.807, 2.05) is 5.38 Å². The van der Waals surface area contributed by atoms with Crippen LogP contribution in [-0.4, -0.2) is 22.0 Å². The molecule has 1 amide bonds. The molecule has 2 heterocycles. The van der Waals surface area contributed by atoms with Crippen LogP contribution in [0.4, 0.5) is 0 Å². The lowest BCUT2D eigenvalue weighted by Gasteiger charge is -2.17. The van der Waals surface area contributed by atoms with E-state index < -0.39 is 0 Å². The number of fused-ring (bicyclic) bond motifs is 3. The molecular formula is C16H17N3O2S. The van der Waals surface area contributed by atoms with Crippen LogP contribution in [0.15, 0.2) is 34.7 Å². The molecule has 0 aliphatic heterocycles. The quantitative estimate of drug-likeness (QED) is 0.875. The summed E-state index contributed by atoms with van der Waals surface area (Å²) in [5.74, 6) is 1.24. The van der Waals surface area contributed by atoms with Crippen LogP contribution < -0.4 is 10.9 Å². The van der Waals surface area contributed by atoms with Crippen molar-refractivity contribution in [3.8, 4) is 0 Å². The SMILES string of the molecule is O=C(NCCn1cnc2sccc2c1=O)C1CC2C=CC1C2. The summed E-state index contributed by atoms with van der Waals surface area (Å²) in [6.07, 6.45) is 8.06. The van der Waals surface area contributed by atoms with E-state index in [0.29, 0.717) is 30.3 Å². The summed E-state index contributed by atoms with van der Waals surface area (Å²) in [6.45, 7) is 0.924. The fourth-order valence-corrected chi connectivity index (χ4v) is 4.29. The third-order valence-corrected chi connectivity index (χ3v) is 5.54. The Morgan fingerprint density at radius 3 is 3.09 bits per heavy atom. The van der Waals surface area contributed by atoms with Crippen molar-refractivity contribution in [2.24, 2.45) is 17.8 Å². The van der Waals surface area contributed by atoms with E-state index >= 15 is 0 Å². The fourth-order valence-electron chi connectivity index (χ4n) is 3.57. The first kappa shape index (κ1) is 13.7. The van der Waals surface area contributed by atoms with Crippen LogP contribution in [0.1, 0.15) is 12.8 Å². The number of nitrogens with zero attached hydrogens (tertiary/aromatic N) is 2. The highest BCUT2D eigenvalue weighted by Gasteiger charge is 2.39. The zero-order valence-corrected chi connectivity index (χ0v) is 12.9. The van der Waals surface area contributed by atoms with E-state index in [0.717, 1.165) is 17.7 Å². The molecule has 6 heteroatoms. The van der Waals surface area contributed by atoms with E-state index in [4.69, 9.17) is 0 Å². The molecule has 1 saturated carbocycles. The minimum Gasteiger partial charge on any atom is -0.354 e. The summed E-state index contributed by atoms with van der Waals surface area (Å²) >= 11 is 1.46. The Morgan fingerprint density at radius 1 is 1.41 bits per heavy atom. The number of nitrogens with one attached hydrogen (secondary N) is 1. The summed E-state index contributed by atoms with van der Waals surface area (Å²) < 4.78 is 1.57. The van der Waals surface area contributed by atoms with Crippen LogP contribution in [0.25, 0.3) is 10.2 Å². The van der Waals surface area contributed by atoms with Gasteiger partial charge in [-0.05, 0) is 36.1 Å². The molecule has 22 heavy (non-hydrogen) atoms. The molecule has 0 saturated heterocycles. The van der Waals surface area contributed by atoms with Crippen LogP contribution in [0.3, 0.4) is 0 Å². The lowest BCUT2D eigenvalue weighted by molar-refractivity contribution is -0.125. The predicted molar refractivity (Wildman–Crippen MR) is 85.7 cm³/mol. The molecule has 3 atom stereocenters. The summed E-state index contributed by atoms with van der Waals surface area (Å²) in [5.41, 5.74) is -0.0386. The highest BCUT2D eigenvalue weighted by atomic mass is 32.1. The maximum atomic E-state index is 12.2. The summed E-state index contributed by atoms with van der Waals surface area (Å²) in [7, 11) is 0. The van der Waals surface area contributed by atoms with Gasteiger partial charge in [0.1, 0.15) is 4.83 Å². The number of thiophene rings is 1. The Morgan fingerprint density at radius 2 is 2.32 bits per heavy atom.